The summed E-state index contributed by atoms with van der Waals surface area (Å²) < 4.78 is 30.3. The van der Waals surface area contributed by atoms with Gasteiger partial charge in [-0.05, 0) is 39.7 Å². The number of H-pyrrole nitrogens is 1. The number of aromatic amines is 1. The van der Waals surface area contributed by atoms with Crippen LogP contribution in [0.25, 0.3) is 0 Å². The molecule has 180 valence electrons. The van der Waals surface area contributed by atoms with Gasteiger partial charge in [-0.3, -0.25) is 19.1 Å². The zero-order chi connectivity index (χ0) is 24.6. The second-order valence-corrected chi connectivity index (χ2v) is 8.86. The molecule has 1 saturated heterocycles. The summed E-state index contributed by atoms with van der Waals surface area (Å²) in [4.78, 5) is 41.2. The summed E-state index contributed by atoms with van der Waals surface area (Å²) in [6, 6.07) is 2.69. The van der Waals surface area contributed by atoms with Crippen LogP contribution in [0.3, 0.4) is 0 Å². The van der Waals surface area contributed by atoms with Crippen molar-refractivity contribution in [3.63, 3.8) is 0 Å². The Morgan fingerprint density at radius 2 is 1.94 bits per heavy atom. The number of nitrogens with zero attached hydrogens (tertiary/aromatic N) is 5. The molecule has 0 radical (unpaired) electrons. The van der Waals surface area contributed by atoms with E-state index < -0.39 is 34.8 Å². The molecule has 1 aliphatic rings. The molecule has 11 heteroatoms. The van der Waals surface area contributed by atoms with Gasteiger partial charge in [0.2, 0.25) is 0 Å². The van der Waals surface area contributed by atoms with Crippen LogP contribution in [0.4, 0.5) is 8.78 Å². The van der Waals surface area contributed by atoms with Crippen LogP contribution in [0.15, 0.2) is 40.2 Å². The number of rotatable bonds is 5. The van der Waals surface area contributed by atoms with E-state index in [4.69, 9.17) is 0 Å². The molecule has 2 aromatic heterocycles. The number of carbonyl (C=O) groups excluding carboxylic acids is 1. The molecule has 0 saturated carbocycles. The van der Waals surface area contributed by atoms with Crippen LogP contribution >= 0.6 is 0 Å². The second-order valence-electron chi connectivity index (χ2n) is 8.86. The Balaban J connectivity index is 1.53. The lowest BCUT2D eigenvalue weighted by Gasteiger charge is -2.31. The average Bonchev–Trinajstić information content (AvgIpc) is 3.28. The van der Waals surface area contributed by atoms with Crippen molar-refractivity contribution < 1.29 is 13.6 Å². The number of likely N-dealkylation sites (tertiary alicyclic amines) is 1. The van der Waals surface area contributed by atoms with Gasteiger partial charge in [-0.25, -0.2) is 18.3 Å². The van der Waals surface area contributed by atoms with Crippen molar-refractivity contribution in [1.82, 2.24) is 29.4 Å². The molecule has 1 aromatic carbocycles. The van der Waals surface area contributed by atoms with E-state index >= 15 is 0 Å². The average molecular weight is 472 g/mol. The van der Waals surface area contributed by atoms with E-state index in [0.717, 1.165) is 12.5 Å². The molecule has 0 bridgehead atoms. The van der Waals surface area contributed by atoms with Crippen molar-refractivity contribution in [2.24, 2.45) is 0 Å². The van der Waals surface area contributed by atoms with E-state index in [2.05, 4.69) is 15.3 Å². The predicted molar refractivity (Wildman–Crippen MR) is 120 cm³/mol. The number of halogens is 2. The zero-order valence-electron chi connectivity index (χ0n) is 19.2. The summed E-state index contributed by atoms with van der Waals surface area (Å²) >= 11 is 0. The highest BCUT2D eigenvalue weighted by atomic mass is 19.1. The Morgan fingerprint density at radius 1 is 1.18 bits per heavy atom. The molecular formula is C23H26F2N6O3. The van der Waals surface area contributed by atoms with E-state index in [1.54, 1.807) is 31.9 Å². The van der Waals surface area contributed by atoms with Crippen LogP contribution in [0, 0.1) is 11.6 Å². The molecule has 1 fully saturated rings. The summed E-state index contributed by atoms with van der Waals surface area (Å²) in [5, 5.41) is 8.36. The van der Waals surface area contributed by atoms with Crippen LogP contribution in [0.1, 0.15) is 73.2 Å². The Bertz CT molecular complexity index is 1330. The number of hydrogen-bond acceptors (Lipinski definition) is 5. The molecule has 4 rings (SSSR count). The van der Waals surface area contributed by atoms with Gasteiger partial charge in [0.05, 0.1) is 11.7 Å². The monoisotopic (exact) mass is 472 g/mol. The van der Waals surface area contributed by atoms with Crippen LogP contribution < -0.4 is 11.2 Å². The van der Waals surface area contributed by atoms with Gasteiger partial charge in [0.25, 0.3) is 11.5 Å². The van der Waals surface area contributed by atoms with E-state index in [0.29, 0.717) is 25.2 Å². The first-order valence-electron chi connectivity index (χ1n) is 11.2. The third kappa shape index (κ3) is 4.55. The molecule has 1 N–H and O–H groups in total. The largest absolute Gasteiger partial charge is 0.338 e. The Labute approximate surface area is 194 Å². The molecule has 1 unspecified atom stereocenters. The maximum absolute atomic E-state index is 14.2. The lowest BCUT2D eigenvalue weighted by Crippen LogP contribution is -2.43. The maximum Gasteiger partial charge on any atom is 0.328 e. The van der Waals surface area contributed by atoms with Gasteiger partial charge >= 0.3 is 5.69 Å². The van der Waals surface area contributed by atoms with Crippen molar-refractivity contribution in [1.29, 1.82) is 0 Å². The zero-order valence-corrected chi connectivity index (χ0v) is 19.2. The molecular weight excluding hydrogens is 446 g/mol. The van der Waals surface area contributed by atoms with Crippen LogP contribution in [0.2, 0.25) is 0 Å². The summed E-state index contributed by atoms with van der Waals surface area (Å²) in [5.41, 5.74) is -0.421. The van der Waals surface area contributed by atoms with Crippen molar-refractivity contribution in [2.45, 2.75) is 51.6 Å². The highest BCUT2D eigenvalue weighted by molar-refractivity contribution is 5.93. The van der Waals surface area contributed by atoms with E-state index in [9.17, 15) is 23.2 Å². The van der Waals surface area contributed by atoms with Gasteiger partial charge in [-0.15, -0.1) is 5.10 Å². The van der Waals surface area contributed by atoms with E-state index in [-0.39, 0.29) is 23.1 Å². The van der Waals surface area contributed by atoms with Gasteiger partial charge in [0.1, 0.15) is 17.2 Å². The topological polar surface area (TPSA) is 106 Å². The fourth-order valence-corrected chi connectivity index (χ4v) is 4.24. The smallest absolute Gasteiger partial charge is 0.328 e. The third-order valence-corrected chi connectivity index (χ3v) is 6.22. The molecule has 0 spiro atoms. The van der Waals surface area contributed by atoms with Crippen LogP contribution in [-0.4, -0.2) is 48.4 Å². The first kappa shape index (κ1) is 23.5. The molecule has 2 atom stereocenters. The van der Waals surface area contributed by atoms with Crippen LogP contribution in [-0.2, 0) is 0 Å². The minimum absolute atomic E-state index is 0.0852. The fourth-order valence-electron chi connectivity index (χ4n) is 4.24. The number of hydrogen-bond donors (Lipinski definition) is 1. The number of piperidine rings is 1. The van der Waals surface area contributed by atoms with Gasteiger partial charge in [0, 0.05) is 49.1 Å². The first-order valence-corrected chi connectivity index (χ1v) is 11.2. The Kier molecular flexibility index (Phi) is 6.45. The van der Waals surface area contributed by atoms with Crippen molar-refractivity contribution in [2.75, 3.05) is 13.1 Å². The van der Waals surface area contributed by atoms with Gasteiger partial charge in [0.15, 0.2) is 0 Å². The summed E-state index contributed by atoms with van der Waals surface area (Å²) in [7, 11) is 0. The Morgan fingerprint density at radius 3 is 2.65 bits per heavy atom. The Hall–Kier alpha value is -3.63. The highest BCUT2D eigenvalue weighted by Gasteiger charge is 2.29. The molecule has 3 aromatic rings. The van der Waals surface area contributed by atoms with Crippen molar-refractivity contribution >= 4 is 5.91 Å². The van der Waals surface area contributed by atoms with Gasteiger partial charge < -0.3 is 4.90 Å². The number of benzene rings is 1. The minimum Gasteiger partial charge on any atom is -0.338 e. The van der Waals surface area contributed by atoms with E-state index in [1.165, 1.54) is 27.6 Å². The van der Waals surface area contributed by atoms with E-state index in [1.807, 2.05) is 0 Å². The van der Waals surface area contributed by atoms with Gasteiger partial charge in [-0.2, -0.15) is 0 Å². The van der Waals surface area contributed by atoms with Crippen molar-refractivity contribution in [3.05, 3.63) is 79.9 Å². The lowest BCUT2D eigenvalue weighted by molar-refractivity contribution is 0.0702. The highest BCUT2D eigenvalue weighted by Crippen LogP contribution is 2.28. The number of nitrogens with one attached hydrogen (secondary N) is 1. The number of aromatic nitrogens is 5. The van der Waals surface area contributed by atoms with Crippen LogP contribution in [0.5, 0.6) is 0 Å². The van der Waals surface area contributed by atoms with Crippen molar-refractivity contribution in [3.8, 4) is 0 Å². The molecule has 9 nitrogen and oxygen atoms in total. The number of amides is 1. The molecule has 3 heterocycles. The summed E-state index contributed by atoms with van der Waals surface area (Å²) in [6.45, 7) is 6.11. The molecule has 1 amide bonds. The fraction of sp³-hybridized carbons (Fsp3) is 0.435. The minimum atomic E-state index is -0.713. The molecule has 34 heavy (non-hydrogen) atoms. The molecule has 0 aliphatic carbocycles. The SMILES string of the molecule is CC(C)n1cc(C(=O)N2CCCC(c3cn([C@H](C)c4ccc(F)cc4F)nn3)C2)c(=O)[nH]c1=O. The maximum atomic E-state index is 14.2. The summed E-state index contributed by atoms with van der Waals surface area (Å²) in [6.07, 6.45) is 4.49. The molecule has 1 aliphatic heterocycles. The lowest BCUT2D eigenvalue weighted by atomic mass is 9.95. The predicted octanol–water partition coefficient (Wildman–Crippen LogP) is 2.62. The third-order valence-electron chi connectivity index (χ3n) is 6.22. The first-order chi connectivity index (χ1) is 16.2. The normalized spacial score (nSPS) is 17.2. The van der Waals surface area contributed by atoms with Gasteiger partial charge in [-0.1, -0.05) is 11.3 Å². The quantitative estimate of drug-likeness (QED) is 0.615. The number of carbonyl (C=O) groups is 1. The summed E-state index contributed by atoms with van der Waals surface area (Å²) in [5.74, 6) is -1.88. The standard InChI is InChI=1S/C23H26F2N6O3/c1-13(2)30-11-18(21(32)26-23(30)34)22(33)29-8-4-5-15(10-29)20-12-31(28-27-20)14(3)17-7-6-16(24)9-19(17)25/h6-7,9,11-15H,4-5,8,10H2,1-3H3,(H,26,32,34)/t14-,15?/m1/s1. The second kappa shape index (κ2) is 9.32.